The lowest BCUT2D eigenvalue weighted by molar-refractivity contribution is -0.117. The van der Waals surface area contributed by atoms with E-state index in [9.17, 15) is 4.79 Å². The third-order valence-corrected chi connectivity index (χ3v) is 6.79. The van der Waals surface area contributed by atoms with E-state index in [-0.39, 0.29) is 11.5 Å². The van der Waals surface area contributed by atoms with Gasteiger partial charge in [-0.25, -0.2) is 0 Å². The summed E-state index contributed by atoms with van der Waals surface area (Å²) in [7, 11) is 1.80. The molecule has 0 saturated carbocycles. The van der Waals surface area contributed by atoms with E-state index in [0.29, 0.717) is 11.5 Å². The van der Waals surface area contributed by atoms with E-state index in [4.69, 9.17) is 21.7 Å². The summed E-state index contributed by atoms with van der Waals surface area (Å²) in [5.41, 5.74) is 3.25. The van der Waals surface area contributed by atoms with E-state index in [2.05, 4.69) is 15.9 Å². The number of hydrogen-bond donors (Lipinski definition) is 0. The largest absolute Gasteiger partial charge is 0.494 e. The van der Waals surface area contributed by atoms with Crippen LogP contribution in [0, 0.1) is 6.92 Å². The Bertz CT molecular complexity index is 969. The van der Waals surface area contributed by atoms with Crippen molar-refractivity contribution in [3.05, 3.63) is 59.2 Å². The number of amides is 1. The lowest BCUT2D eigenvalue weighted by atomic mass is 10.1. The number of ether oxygens (including phenoxy) is 2. The Kier molecular flexibility index (Phi) is 12.9. The van der Waals surface area contributed by atoms with Gasteiger partial charge >= 0.3 is 0 Å². The lowest BCUT2D eigenvalue weighted by Crippen LogP contribution is -2.28. The second-order valence-corrected chi connectivity index (χ2v) is 11.5. The summed E-state index contributed by atoms with van der Waals surface area (Å²) in [6.07, 6.45) is 9.11. The minimum atomic E-state index is -0.371. The Morgan fingerprint density at radius 3 is 2.17 bits per heavy atom. The minimum absolute atomic E-state index is 0.0114. The van der Waals surface area contributed by atoms with Crippen molar-refractivity contribution in [3.63, 3.8) is 0 Å². The molecule has 0 heterocycles. The highest BCUT2D eigenvalue weighted by molar-refractivity contribution is 9.09. The smallest absolute Gasteiger partial charge is 0.231 e. The first kappa shape index (κ1) is 30.3. The molecule has 0 aliphatic heterocycles. The molecule has 0 N–H and O–H groups in total. The van der Waals surface area contributed by atoms with Crippen molar-refractivity contribution in [2.24, 2.45) is 0 Å². The van der Waals surface area contributed by atoms with E-state index >= 15 is 0 Å². The van der Waals surface area contributed by atoms with Gasteiger partial charge < -0.3 is 14.4 Å². The first-order valence-electron chi connectivity index (χ1n) is 13.0. The van der Waals surface area contributed by atoms with Crippen molar-refractivity contribution in [1.82, 2.24) is 0 Å². The van der Waals surface area contributed by atoms with Crippen LogP contribution in [-0.4, -0.2) is 35.5 Å². The lowest BCUT2D eigenvalue weighted by Gasteiger charge is -2.24. The summed E-state index contributed by atoms with van der Waals surface area (Å²) >= 11 is 9.00. The third kappa shape index (κ3) is 11.0. The maximum atomic E-state index is 13.0. The number of aryl methyl sites for hydroxylation is 1. The number of nitrogens with zero attached hydrogens (tertiary/aromatic N) is 1. The maximum absolute atomic E-state index is 13.0. The second-order valence-electron chi connectivity index (χ2n) is 10.3. The number of thiocarbonyl (C=S) groups is 1. The van der Waals surface area contributed by atoms with Gasteiger partial charge in [-0.15, -0.1) is 0 Å². The molecule has 6 heteroatoms. The van der Waals surface area contributed by atoms with E-state index < -0.39 is 0 Å². The zero-order valence-electron chi connectivity index (χ0n) is 22.6. The molecule has 0 aromatic heterocycles. The molecule has 2 aromatic carbocycles. The number of benzene rings is 2. The van der Waals surface area contributed by atoms with Gasteiger partial charge in [0.25, 0.3) is 0 Å². The highest BCUT2D eigenvalue weighted by atomic mass is 79.9. The van der Waals surface area contributed by atoms with Gasteiger partial charge in [-0.05, 0) is 88.1 Å². The minimum Gasteiger partial charge on any atom is -0.494 e. The summed E-state index contributed by atoms with van der Waals surface area (Å²) in [4.78, 5) is 14.6. The molecule has 0 unspecified atom stereocenters. The van der Waals surface area contributed by atoms with Crippen LogP contribution in [0.15, 0.2) is 42.5 Å². The van der Waals surface area contributed by atoms with Crippen LogP contribution in [-0.2, 0) is 16.0 Å². The van der Waals surface area contributed by atoms with Crippen LogP contribution in [0.1, 0.15) is 82.4 Å². The van der Waals surface area contributed by atoms with E-state index in [1.165, 1.54) is 38.5 Å². The summed E-state index contributed by atoms with van der Waals surface area (Å²) in [5.74, 6) is 0.865. The van der Waals surface area contributed by atoms with Crippen LogP contribution in [0.3, 0.4) is 0 Å². The number of rotatable bonds is 14. The molecule has 2 aromatic rings. The number of alkyl halides is 1. The van der Waals surface area contributed by atoms with Crippen LogP contribution >= 0.6 is 28.1 Å². The number of likely N-dealkylation sites (N-methyl/N-ethyl adjacent to an activating group) is 1. The molecule has 0 atom stereocenters. The number of unbranched alkanes of at least 4 members (excludes halogenated alkanes) is 6. The average Bonchev–Trinajstić information content (AvgIpc) is 2.82. The summed E-state index contributed by atoms with van der Waals surface area (Å²) in [6, 6.07) is 13.7. The zero-order chi connectivity index (χ0) is 26.6. The van der Waals surface area contributed by atoms with Crippen molar-refractivity contribution in [1.29, 1.82) is 0 Å². The van der Waals surface area contributed by atoms with E-state index in [1.807, 2.05) is 70.2 Å². The molecular formula is C30H42BrNO3S. The maximum Gasteiger partial charge on any atom is 0.231 e. The molecule has 0 bridgehead atoms. The molecular weight excluding hydrogens is 534 g/mol. The van der Waals surface area contributed by atoms with Crippen LogP contribution in [0.5, 0.6) is 5.75 Å². The number of anilines is 1. The van der Waals surface area contributed by atoms with Crippen LogP contribution in [0.25, 0.3) is 0 Å². The quantitative estimate of drug-likeness (QED) is 0.129. The summed E-state index contributed by atoms with van der Waals surface area (Å²) in [6.45, 7) is 8.65. The van der Waals surface area contributed by atoms with Crippen LogP contribution < -0.4 is 9.64 Å². The Morgan fingerprint density at radius 1 is 0.944 bits per heavy atom. The zero-order valence-corrected chi connectivity index (χ0v) is 25.0. The highest BCUT2D eigenvalue weighted by Crippen LogP contribution is 2.23. The van der Waals surface area contributed by atoms with Gasteiger partial charge in [0.1, 0.15) is 11.4 Å². The fraction of sp³-hybridized carbons (Fsp3) is 0.533. The van der Waals surface area contributed by atoms with Crippen LogP contribution in [0.2, 0.25) is 0 Å². The predicted molar refractivity (Wildman–Crippen MR) is 159 cm³/mol. The average molecular weight is 577 g/mol. The normalized spacial score (nSPS) is 11.3. The van der Waals surface area contributed by atoms with Gasteiger partial charge in [-0.3, -0.25) is 4.79 Å². The summed E-state index contributed by atoms with van der Waals surface area (Å²) < 4.78 is 11.8. The molecule has 198 valence electrons. The molecule has 1 amide bonds. The van der Waals surface area contributed by atoms with Crippen molar-refractivity contribution in [3.8, 4) is 5.75 Å². The van der Waals surface area contributed by atoms with Gasteiger partial charge in [0.15, 0.2) is 5.05 Å². The standard InChI is InChI=1S/C30H42BrNO3S/c1-23-13-16-25(22-27(23)29(36)35-30(2,3)4)32(5)28(33)21-24-14-17-26(18-15-24)34-20-12-10-8-6-7-9-11-19-31/h13-18,22H,6-12,19-21H2,1-5H3. The molecule has 0 fully saturated rings. The molecule has 36 heavy (non-hydrogen) atoms. The van der Waals surface area contributed by atoms with E-state index in [1.54, 1.807) is 11.9 Å². The van der Waals surface area contributed by atoms with Gasteiger partial charge in [0.2, 0.25) is 5.91 Å². The number of carbonyl (C=O) groups excluding carboxylic acids is 1. The molecule has 2 rings (SSSR count). The number of carbonyl (C=O) groups is 1. The molecule has 0 saturated heterocycles. The Balaban J connectivity index is 1.83. The van der Waals surface area contributed by atoms with Gasteiger partial charge in [-0.2, -0.15) is 0 Å². The third-order valence-electron chi connectivity index (χ3n) is 5.93. The van der Waals surface area contributed by atoms with Crippen molar-refractivity contribution in [2.75, 3.05) is 23.9 Å². The first-order chi connectivity index (χ1) is 17.1. The van der Waals surface area contributed by atoms with Crippen molar-refractivity contribution < 1.29 is 14.3 Å². The Labute approximate surface area is 231 Å². The van der Waals surface area contributed by atoms with Crippen molar-refractivity contribution in [2.45, 2.75) is 84.7 Å². The summed E-state index contributed by atoms with van der Waals surface area (Å²) in [5, 5.41) is 1.56. The predicted octanol–water partition coefficient (Wildman–Crippen LogP) is 8.20. The Hall–Kier alpha value is -1.92. The fourth-order valence-electron chi connectivity index (χ4n) is 3.78. The molecule has 0 aliphatic carbocycles. The fourth-order valence-corrected chi connectivity index (χ4v) is 4.65. The number of hydrogen-bond acceptors (Lipinski definition) is 4. The van der Waals surface area contributed by atoms with Crippen molar-refractivity contribution >= 4 is 44.8 Å². The van der Waals surface area contributed by atoms with Crippen LogP contribution in [0.4, 0.5) is 5.69 Å². The van der Waals surface area contributed by atoms with Gasteiger partial charge in [-0.1, -0.05) is 66.2 Å². The second kappa shape index (κ2) is 15.4. The molecule has 0 radical (unpaired) electrons. The topological polar surface area (TPSA) is 38.8 Å². The van der Waals surface area contributed by atoms with Gasteiger partial charge in [0.05, 0.1) is 13.0 Å². The Morgan fingerprint density at radius 2 is 1.56 bits per heavy atom. The molecule has 0 spiro atoms. The first-order valence-corrected chi connectivity index (χ1v) is 14.5. The van der Waals surface area contributed by atoms with Gasteiger partial charge in [0, 0.05) is 23.6 Å². The molecule has 0 aliphatic rings. The molecule has 4 nitrogen and oxygen atoms in total. The SMILES string of the molecule is Cc1ccc(N(C)C(=O)Cc2ccc(OCCCCCCCCCBr)cc2)cc1C(=S)OC(C)(C)C. The van der Waals surface area contributed by atoms with E-state index in [0.717, 1.165) is 46.5 Å². The highest BCUT2D eigenvalue weighted by Gasteiger charge is 2.19. The monoisotopic (exact) mass is 575 g/mol. The number of halogens is 1.